The van der Waals surface area contributed by atoms with E-state index in [1.807, 2.05) is 60.7 Å². The Balaban J connectivity index is 1.41. The summed E-state index contributed by atoms with van der Waals surface area (Å²) >= 11 is 0. The molecule has 4 aromatic carbocycles. The van der Waals surface area contributed by atoms with Crippen LogP contribution in [0, 0.1) is 6.92 Å². The van der Waals surface area contributed by atoms with E-state index in [1.165, 1.54) is 5.56 Å². The third kappa shape index (κ3) is 4.41. The normalized spacial score (nSPS) is 14.4. The van der Waals surface area contributed by atoms with Gasteiger partial charge in [-0.25, -0.2) is 0 Å². The maximum Gasteiger partial charge on any atom is 0.255 e. The van der Waals surface area contributed by atoms with Gasteiger partial charge in [-0.1, -0.05) is 78.4 Å². The predicted octanol–water partition coefficient (Wildman–Crippen LogP) is 6.02. The molecule has 1 aromatic heterocycles. The first-order chi connectivity index (χ1) is 19.5. The number of fused-ring (bicyclic) bond motifs is 2. The second-order valence-corrected chi connectivity index (χ2v) is 10.3. The van der Waals surface area contributed by atoms with Gasteiger partial charge in [0.2, 0.25) is 5.91 Å². The van der Waals surface area contributed by atoms with E-state index in [-0.39, 0.29) is 18.4 Å². The second-order valence-electron chi connectivity index (χ2n) is 10.3. The van der Waals surface area contributed by atoms with E-state index in [2.05, 4.69) is 60.3 Å². The molecule has 1 aliphatic heterocycles. The van der Waals surface area contributed by atoms with Gasteiger partial charge >= 0.3 is 0 Å². The van der Waals surface area contributed by atoms with Crippen LogP contribution in [0.25, 0.3) is 22.2 Å². The van der Waals surface area contributed by atoms with Crippen molar-refractivity contribution in [2.75, 3.05) is 13.7 Å². The Morgan fingerprint density at radius 3 is 2.35 bits per heavy atom. The van der Waals surface area contributed by atoms with Gasteiger partial charge in [-0.2, -0.15) is 0 Å². The van der Waals surface area contributed by atoms with Crippen LogP contribution in [0.4, 0.5) is 0 Å². The summed E-state index contributed by atoms with van der Waals surface area (Å²) in [6, 6.07) is 31.6. The molecule has 6 nitrogen and oxygen atoms in total. The number of ether oxygens (including phenoxy) is 1. The van der Waals surface area contributed by atoms with Gasteiger partial charge in [0.15, 0.2) is 0 Å². The molecule has 2 amide bonds. The molecule has 0 bridgehead atoms. The number of aromatic nitrogens is 1. The van der Waals surface area contributed by atoms with Gasteiger partial charge in [-0.05, 0) is 47.9 Å². The van der Waals surface area contributed by atoms with Gasteiger partial charge < -0.3 is 19.5 Å². The maximum atomic E-state index is 13.8. The Morgan fingerprint density at radius 1 is 0.900 bits per heavy atom. The van der Waals surface area contributed by atoms with Crippen molar-refractivity contribution >= 4 is 22.7 Å². The highest BCUT2D eigenvalue weighted by Crippen LogP contribution is 2.46. The van der Waals surface area contributed by atoms with Gasteiger partial charge in [0.05, 0.1) is 18.8 Å². The van der Waals surface area contributed by atoms with Crippen molar-refractivity contribution in [1.82, 2.24) is 14.8 Å². The summed E-state index contributed by atoms with van der Waals surface area (Å²) in [5.74, 6) is 0.417. The van der Waals surface area contributed by atoms with Crippen molar-refractivity contribution in [1.29, 1.82) is 0 Å². The largest absolute Gasteiger partial charge is 0.497 e. The number of carbonyl (C=O) groups is 2. The number of amides is 2. The predicted molar refractivity (Wildman–Crippen MR) is 157 cm³/mol. The molecular weight excluding hydrogens is 498 g/mol. The minimum Gasteiger partial charge on any atom is -0.497 e. The van der Waals surface area contributed by atoms with Crippen LogP contribution in [0.15, 0.2) is 97.1 Å². The van der Waals surface area contributed by atoms with Crippen molar-refractivity contribution < 1.29 is 14.3 Å². The molecule has 1 aliphatic rings. The van der Waals surface area contributed by atoms with E-state index in [0.717, 1.165) is 44.6 Å². The Morgan fingerprint density at radius 2 is 1.60 bits per heavy atom. The molecule has 200 valence electrons. The van der Waals surface area contributed by atoms with Crippen LogP contribution in [-0.2, 0) is 18.4 Å². The molecule has 6 heteroatoms. The molecular formula is C34H31N3O3. The van der Waals surface area contributed by atoms with Crippen LogP contribution < -0.4 is 10.1 Å². The topological polar surface area (TPSA) is 63.6 Å². The molecule has 40 heavy (non-hydrogen) atoms. The highest BCUT2D eigenvalue weighted by molar-refractivity contribution is 6.03. The Hall–Kier alpha value is -4.84. The first kappa shape index (κ1) is 25.4. The summed E-state index contributed by atoms with van der Waals surface area (Å²) < 4.78 is 7.42. The first-order valence-corrected chi connectivity index (χ1v) is 13.4. The average Bonchev–Trinajstić information content (AvgIpc) is 3.43. The molecule has 0 spiro atoms. The summed E-state index contributed by atoms with van der Waals surface area (Å²) in [5.41, 5.74) is 7.91. The van der Waals surface area contributed by atoms with Crippen molar-refractivity contribution in [3.63, 3.8) is 0 Å². The Labute approximate surface area is 233 Å². The van der Waals surface area contributed by atoms with Gasteiger partial charge in [0, 0.05) is 35.6 Å². The lowest BCUT2D eigenvalue weighted by atomic mass is 9.93. The van der Waals surface area contributed by atoms with Crippen LogP contribution in [-0.4, -0.2) is 34.9 Å². The standard InChI is InChI=1S/C34H31N3O3/c1-22-12-16-24(17-13-22)32-31(28-10-6-7-11-29(28)36(32)2)33-26-8-4-5-9-27(26)34(39)37(33)21-30(38)35-20-23-14-18-25(40-3)19-15-23/h4-19,33H,20-21H2,1-3H3,(H,35,38). The first-order valence-electron chi connectivity index (χ1n) is 13.4. The third-order valence-electron chi connectivity index (χ3n) is 7.77. The number of hydrogen-bond donors (Lipinski definition) is 1. The van der Waals surface area contributed by atoms with E-state index in [0.29, 0.717) is 12.1 Å². The van der Waals surface area contributed by atoms with Crippen LogP contribution in [0.2, 0.25) is 0 Å². The zero-order valence-corrected chi connectivity index (χ0v) is 22.8. The summed E-state index contributed by atoms with van der Waals surface area (Å²) in [7, 11) is 3.69. The van der Waals surface area contributed by atoms with Crippen molar-refractivity contribution in [3.8, 4) is 17.0 Å². The van der Waals surface area contributed by atoms with Gasteiger partial charge in [0.25, 0.3) is 5.91 Å². The Bertz CT molecular complexity index is 1720. The number of hydrogen-bond acceptors (Lipinski definition) is 3. The quantitative estimate of drug-likeness (QED) is 0.280. The molecule has 2 heterocycles. The van der Waals surface area contributed by atoms with Crippen molar-refractivity contribution in [2.24, 2.45) is 7.05 Å². The molecule has 6 rings (SSSR count). The maximum absolute atomic E-state index is 13.8. The zero-order valence-electron chi connectivity index (χ0n) is 22.8. The summed E-state index contributed by atoms with van der Waals surface area (Å²) in [5, 5.41) is 4.07. The number of benzene rings is 4. The molecule has 1 unspecified atom stereocenters. The van der Waals surface area contributed by atoms with Gasteiger partial charge in [0.1, 0.15) is 12.3 Å². The lowest BCUT2D eigenvalue weighted by molar-refractivity contribution is -0.122. The molecule has 1 atom stereocenters. The number of rotatable bonds is 7. The molecule has 0 fully saturated rings. The fourth-order valence-corrected chi connectivity index (χ4v) is 5.76. The molecule has 0 saturated carbocycles. The third-order valence-corrected chi connectivity index (χ3v) is 7.77. The highest BCUT2D eigenvalue weighted by atomic mass is 16.5. The number of para-hydroxylation sites is 1. The van der Waals surface area contributed by atoms with Crippen LogP contribution in [0.3, 0.4) is 0 Å². The molecule has 5 aromatic rings. The highest BCUT2D eigenvalue weighted by Gasteiger charge is 2.41. The summed E-state index contributed by atoms with van der Waals surface area (Å²) in [6.45, 7) is 2.39. The number of methoxy groups -OCH3 is 1. The van der Waals surface area contributed by atoms with Gasteiger partial charge in [-0.3, -0.25) is 9.59 Å². The van der Waals surface area contributed by atoms with E-state index in [9.17, 15) is 9.59 Å². The average molecular weight is 530 g/mol. The number of aryl methyl sites for hydroxylation is 2. The van der Waals surface area contributed by atoms with Crippen molar-refractivity contribution in [3.05, 3.63) is 125 Å². The molecule has 1 N–H and O–H groups in total. The fourth-order valence-electron chi connectivity index (χ4n) is 5.76. The van der Waals surface area contributed by atoms with E-state index in [4.69, 9.17) is 4.74 Å². The Kier molecular flexibility index (Phi) is 6.60. The summed E-state index contributed by atoms with van der Waals surface area (Å²) in [6.07, 6.45) is 0. The smallest absolute Gasteiger partial charge is 0.255 e. The minimum atomic E-state index is -0.405. The van der Waals surface area contributed by atoms with E-state index < -0.39 is 6.04 Å². The van der Waals surface area contributed by atoms with Gasteiger partial charge in [-0.15, -0.1) is 0 Å². The number of carbonyl (C=O) groups excluding carboxylic acids is 2. The van der Waals surface area contributed by atoms with Crippen LogP contribution >= 0.6 is 0 Å². The zero-order chi connectivity index (χ0) is 27.8. The molecule has 0 aliphatic carbocycles. The lowest BCUT2D eigenvalue weighted by Crippen LogP contribution is -2.39. The van der Waals surface area contributed by atoms with E-state index >= 15 is 0 Å². The monoisotopic (exact) mass is 529 g/mol. The minimum absolute atomic E-state index is 0.0507. The molecule has 0 saturated heterocycles. The SMILES string of the molecule is COc1ccc(CNC(=O)CN2C(=O)c3ccccc3C2c2c(-c3ccc(C)cc3)n(C)c3ccccc23)cc1. The van der Waals surface area contributed by atoms with E-state index in [1.54, 1.807) is 12.0 Å². The number of nitrogens with one attached hydrogen (secondary N) is 1. The lowest BCUT2D eigenvalue weighted by Gasteiger charge is -2.26. The second kappa shape index (κ2) is 10.4. The van der Waals surface area contributed by atoms with Crippen molar-refractivity contribution in [2.45, 2.75) is 19.5 Å². The summed E-state index contributed by atoms with van der Waals surface area (Å²) in [4.78, 5) is 28.8. The van der Waals surface area contributed by atoms with Crippen LogP contribution in [0.1, 0.15) is 38.7 Å². The molecule has 0 radical (unpaired) electrons. The van der Waals surface area contributed by atoms with Crippen LogP contribution in [0.5, 0.6) is 5.75 Å². The number of nitrogens with zero attached hydrogens (tertiary/aromatic N) is 2. The fraction of sp³-hybridized carbons (Fsp3) is 0.176.